The zero-order chi connectivity index (χ0) is 18.3. The van der Waals surface area contributed by atoms with Gasteiger partial charge in [0.1, 0.15) is 6.10 Å². The fourth-order valence-electron chi connectivity index (χ4n) is 2.88. The molecule has 0 amide bonds. The molecule has 0 aromatic heterocycles. The molecule has 2 fully saturated rings. The molecule has 0 radical (unpaired) electrons. The first-order valence-electron chi connectivity index (χ1n) is 7.44. The van der Waals surface area contributed by atoms with Gasteiger partial charge in [-0.15, -0.1) is 0 Å². The fraction of sp³-hybridized carbons (Fsp3) is 0.786. The molecule has 2 heterocycles. The van der Waals surface area contributed by atoms with E-state index in [0.717, 1.165) is 6.92 Å². The van der Waals surface area contributed by atoms with Crippen LogP contribution in [0.2, 0.25) is 0 Å². The maximum absolute atomic E-state index is 12.5. The number of esters is 3. The third-order valence-electron chi connectivity index (χ3n) is 4.10. The number of ether oxygens (including phenoxy) is 4. The molecule has 0 saturated carbocycles. The third kappa shape index (κ3) is 2.37. The van der Waals surface area contributed by atoms with Crippen LogP contribution in [0.1, 0.15) is 27.2 Å². The second-order valence-electron chi connectivity index (χ2n) is 5.73. The molecule has 10 nitrogen and oxygen atoms in total. The Morgan fingerprint density at radius 3 is 2.38 bits per heavy atom. The number of hydrogen-bond acceptors (Lipinski definition) is 10. The van der Waals surface area contributed by atoms with Crippen molar-refractivity contribution in [2.45, 2.75) is 56.4 Å². The summed E-state index contributed by atoms with van der Waals surface area (Å²) < 4.78 is 19.6. The first kappa shape index (κ1) is 18.6. The number of carbonyl (C=O) groups is 3. The van der Waals surface area contributed by atoms with Crippen molar-refractivity contribution in [1.29, 1.82) is 0 Å². The van der Waals surface area contributed by atoms with Crippen molar-refractivity contribution in [3.63, 3.8) is 0 Å². The summed E-state index contributed by atoms with van der Waals surface area (Å²) in [6, 6.07) is 0. The number of hydrogen-bond donors (Lipinski definition) is 3. The summed E-state index contributed by atoms with van der Waals surface area (Å²) in [7, 11) is 0. The zero-order valence-electron chi connectivity index (χ0n) is 13.5. The van der Waals surface area contributed by atoms with Gasteiger partial charge in [-0.1, -0.05) is 0 Å². The van der Waals surface area contributed by atoms with Crippen molar-refractivity contribution in [2.75, 3.05) is 13.2 Å². The summed E-state index contributed by atoms with van der Waals surface area (Å²) in [5.74, 6) is -6.15. The van der Waals surface area contributed by atoms with E-state index >= 15 is 0 Å². The van der Waals surface area contributed by atoms with Gasteiger partial charge in [-0.3, -0.25) is 0 Å². The van der Waals surface area contributed by atoms with E-state index in [0.29, 0.717) is 0 Å². The molecule has 24 heavy (non-hydrogen) atoms. The van der Waals surface area contributed by atoms with Gasteiger partial charge in [0.05, 0.1) is 13.2 Å². The van der Waals surface area contributed by atoms with Crippen molar-refractivity contribution in [2.24, 2.45) is 0 Å². The second-order valence-corrected chi connectivity index (χ2v) is 5.73. The van der Waals surface area contributed by atoms with Crippen LogP contribution in [0.4, 0.5) is 0 Å². The van der Waals surface area contributed by atoms with Gasteiger partial charge in [0.2, 0.25) is 11.7 Å². The Bertz CT molecular complexity index is 558. The highest BCUT2D eigenvalue weighted by Gasteiger charge is 2.81. The fourth-order valence-corrected chi connectivity index (χ4v) is 2.88. The van der Waals surface area contributed by atoms with Crippen molar-refractivity contribution in [1.82, 2.24) is 0 Å². The monoisotopic (exact) mass is 348 g/mol. The van der Waals surface area contributed by atoms with Crippen molar-refractivity contribution in [3.8, 4) is 0 Å². The minimum Gasteiger partial charge on any atom is -0.464 e. The molecule has 2 aliphatic heterocycles. The van der Waals surface area contributed by atoms with Gasteiger partial charge in [0.25, 0.3) is 5.60 Å². The van der Waals surface area contributed by atoms with Crippen LogP contribution in [0.25, 0.3) is 0 Å². The first-order chi connectivity index (χ1) is 11.1. The van der Waals surface area contributed by atoms with Gasteiger partial charge in [-0.25, -0.2) is 14.4 Å². The average Bonchev–Trinajstić information content (AvgIpc) is 2.70. The molecule has 0 aliphatic carbocycles. The van der Waals surface area contributed by atoms with E-state index in [1.807, 2.05) is 0 Å². The molecule has 10 heteroatoms. The van der Waals surface area contributed by atoms with E-state index in [1.165, 1.54) is 13.8 Å². The predicted molar refractivity (Wildman–Crippen MR) is 73.2 cm³/mol. The Hall–Kier alpha value is -1.75. The van der Waals surface area contributed by atoms with Gasteiger partial charge >= 0.3 is 17.9 Å². The second kappa shape index (κ2) is 5.96. The highest BCUT2D eigenvalue weighted by atomic mass is 16.7. The maximum atomic E-state index is 12.5. The average molecular weight is 348 g/mol. The zero-order valence-corrected chi connectivity index (χ0v) is 13.5. The minimum absolute atomic E-state index is 0.0940. The van der Waals surface area contributed by atoms with Gasteiger partial charge in [0, 0.05) is 6.42 Å². The van der Waals surface area contributed by atoms with Gasteiger partial charge in [-0.2, -0.15) is 0 Å². The van der Waals surface area contributed by atoms with Crippen molar-refractivity contribution < 1.29 is 48.7 Å². The maximum Gasteiger partial charge on any atom is 0.351 e. The molecule has 2 rings (SSSR count). The van der Waals surface area contributed by atoms with E-state index in [2.05, 4.69) is 0 Å². The number of carbonyl (C=O) groups excluding carboxylic acids is 3. The van der Waals surface area contributed by atoms with Crippen LogP contribution >= 0.6 is 0 Å². The van der Waals surface area contributed by atoms with E-state index in [1.54, 1.807) is 0 Å². The topological polar surface area (TPSA) is 149 Å². The van der Waals surface area contributed by atoms with E-state index in [4.69, 9.17) is 18.9 Å². The lowest BCUT2D eigenvalue weighted by molar-refractivity contribution is -0.354. The highest BCUT2D eigenvalue weighted by Crippen LogP contribution is 2.50. The largest absolute Gasteiger partial charge is 0.464 e. The van der Waals surface area contributed by atoms with Crippen LogP contribution < -0.4 is 0 Å². The number of cyclic esters (lactones) is 1. The van der Waals surface area contributed by atoms with Crippen molar-refractivity contribution in [3.05, 3.63) is 0 Å². The molecule has 2 saturated heterocycles. The van der Waals surface area contributed by atoms with Gasteiger partial charge in [-0.05, 0) is 20.8 Å². The molecule has 0 bridgehead atoms. The van der Waals surface area contributed by atoms with Crippen LogP contribution in [-0.4, -0.2) is 75.6 Å². The Balaban J connectivity index is 2.62. The van der Waals surface area contributed by atoms with Crippen LogP contribution in [0.15, 0.2) is 0 Å². The number of fused-ring (bicyclic) bond motifs is 1. The molecule has 5 atom stereocenters. The number of aliphatic hydroxyl groups excluding tert-OH is 1. The smallest absolute Gasteiger partial charge is 0.351 e. The summed E-state index contributed by atoms with van der Waals surface area (Å²) in [5, 5.41) is 30.8. The third-order valence-corrected chi connectivity index (χ3v) is 4.10. The first-order valence-corrected chi connectivity index (χ1v) is 7.44. The van der Waals surface area contributed by atoms with E-state index in [9.17, 15) is 29.7 Å². The molecule has 136 valence electrons. The summed E-state index contributed by atoms with van der Waals surface area (Å²) in [4.78, 5) is 36.8. The van der Waals surface area contributed by atoms with E-state index < -0.39 is 53.5 Å². The van der Waals surface area contributed by atoms with Gasteiger partial charge < -0.3 is 34.3 Å². The minimum atomic E-state index is -2.72. The standard InChI is InChI=1S/C14H20O10/c1-4-21-9(16)8-14(11(18)22-5-2)13(20,10(17)23-8)6-7(15)12(3,19)24-14/h7-8,15,19-20H,4-6H2,1-3H3/t7-,8+,12+,13-,14+/m0/s1. The normalized spacial score (nSPS) is 41.3. The van der Waals surface area contributed by atoms with E-state index in [-0.39, 0.29) is 13.2 Å². The molecule has 0 aromatic carbocycles. The van der Waals surface area contributed by atoms with Crippen LogP contribution in [0, 0.1) is 0 Å². The number of rotatable bonds is 4. The lowest BCUT2D eigenvalue weighted by atomic mass is 9.73. The molecular formula is C14H20O10. The molecule has 0 aromatic rings. The quantitative estimate of drug-likeness (QED) is 0.384. The summed E-state index contributed by atoms with van der Waals surface area (Å²) in [5.41, 5.74) is -5.42. The molecule has 2 aliphatic rings. The molecule has 3 N–H and O–H groups in total. The predicted octanol–water partition coefficient (Wildman–Crippen LogP) is -2.00. The van der Waals surface area contributed by atoms with Gasteiger partial charge in [0.15, 0.2) is 5.79 Å². The van der Waals surface area contributed by atoms with Crippen molar-refractivity contribution >= 4 is 17.9 Å². The lowest BCUT2D eigenvalue weighted by Gasteiger charge is -2.48. The van der Waals surface area contributed by atoms with Crippen LogP contribution in [-0.2, 0) is 33.3 Å². The summed E-state index contributed by atoms with van der Waals surface area (Å²) >= 11 is 0. The molecule has 0 unspecified atom stereocenters. The molecule has 0 spiro atoms. The Morgan fingerprint density at radius 1 is 1.25 bits per heavy atom. The Kier molecular flexibility index (Phi) is 4.61. The Labute approximate surface area is 137 Å². The summed E-state index contributed by atoms with van der Waals surface area (Å²) in [6.07, 6.45) is -4.51. The highest BCUT2D eigenvalue weighted by molar-refractivity contribution is 6.02. The number of aliphatic hydroxyl groups is 3. The SMILES string of the molecule is CCOC(=O)[C@H]1OC(=O)[C@@]2(O)C[C@H](O)[C@](C)(O)O[C@@]12C(=O)OCC. The van der Waals surface area contributed by atoms with Crippen LogP contribution in [0.5, 0.6) is 0 Å². The summed E-state index contributed by atoms with van der Waals surface area (Å²) in [6.45, 7) is 3.71. The lowest BCUT2D eigenvalue weighted by Crippen LogP contribution is -2.75. The molecular weight excluding hydrogens is 328 g/mol. The van der Waals surface area contributed by atoms with Crippen LogP contribution in [0.3, 0.4) is 0 Å². The Morgan fingerprint density at radius 2 is 1.83 bits per heavy atom.